The lowest BCUT2D eigenvalue weighted by atomic mass is 9.39. The Morgan fingerprint density at radius 1 is 1.36 bits per heavy atom. The minimum Gasteiger partial charge on any atom is -0.504 e. The predicted molar refractivity (Wildman–Crippen MR) is 105 cm³/mol. The third-order valence-corrected chi connectivity index (χ3v) is 9.00. The van der Waals surface area contributed by atoms with Gasteiger partial charge in [0.15, 0.2) is 11.5 Å². The molecule has 2 bridgehead atoms. The largest absolute Gasteiger partial charge is 0.504 e. The first-order valence-electron chi connectivity index (χ1n) is 10.6. The third-order valence-electron chi connectivity index (χ3n) is 9.00. The summed E-state index contributed by atoms with van der Waals surface area (Å²) in [4.78, 5) is 2.50. The first kappa shape index (κ1) is 18.3. The molecule has 4 aliphatic rings. The highest BCUT2D eigenvalue weighted by Gasteiger charge is 2.77. The van der Waals surface area contributed by atoms with E-state index in [1.165, 1.54) is 11.1 Å². The number of nitrogens with zero attached hydrogens (tertiary/aromatic N) is 2. The van der Waals surface area contributed by atoms with Crippen LogP contribution in [-0.4, -0.2) is 48.5 Å². The Bertz CT molecular complexity index is 873. The summed E-state index contributed by atoms with van der Waals surface area (Å²) in [6.45, 7) is 5.38. The number of likely N-dealkylation sites (N-methyl/N-ethyl adjacent to an activating group) is 1. The molecule has 1 aromatic carbocycles. The van der Waals surface area contributed by atoms with Crippen LogP contribution in [0.4, 0.5) is 0 Å². The zero-order valence-electron chi connectivity index (χ0n) is 17.3. The van der Waals surface area contributed by atoms with E-state index >= 15 is 0 Å². The molecule has 1 aromatic rings. The maximum absolute atomic E-state index is 10.7. The molecule has 1 spiro atoms. The van der Waals surface area contributed by atoms with Crippen molar-refractivity contribution in [1.29, 1.82) is 5.26 Å². The minimum absolute atomic E-state index is 0.0473. The van der Waals surface area contributed by atoms with Crippen LogP contribution in [0.5, 0.6) is 11.5 Å². The van der Waals surface area contributed by atoms with Gasteiger partial charge in [-0.05, 0) is 57.3 Å². The highest BCUT2D eigenvalue weighted by Crippen LogP contribution is 2.72. The fraction of sp³-hybridized carbons (Fsp3) is 0.696. The molecule has 5 nitrogen and oxygen atoms in total. The molecule has 5 rings (SSSR count). The van der Waals surface area contributed by atoms with E-state index in [1.807, 2.05) is 0 Å². The first-order chi connectivity index (χ1) is 13.5. The number of piperidine rings is 1. The Labute approximate surface area is 167 Å². The summed E-state index contributed by atoms with van der Waals surface area (Å²) in [5.74, 6) is 0.642. The summed E-state index contributed by atoms with van der Waals surface area (Å²) in [6, 6.07) is 6.85. The van der Waals surface area contributed by atoms with Gasteiger partial charge >= 0.3 is 0 Å². The van der Waals surface area contributed by atoms with Crippen LogP contribution >= 0.6 is 0 Å². The van der Waals surface area contributed by atoms with Gasteiger partial charge in [0.25, 0.3) is 0 Å². The fourth-order valence-corrected chi connectivity index (χ4v) is 7.77. The van der Waals surface area contributed by atoms with Gasteiger partial charge in [-0.3, -0.25) is 0 Å². The molecule has 2 aliphatic carbocycles. The maximum atomic E-state index is 10.7. The standard InChI is InChI=1S/C23H30N2O3/c1-5-21-12-15(13-24)23(6-2,27-4)20-22(21)9-10-25(3)17(21)11-14-7-8-16(26)19(28-20)18(14)22/h7-8,15,17,20,26H,5-6,9-12H2,1-4H3. The lowest BCUT2D eigenvalue weighted by Gasteiger charge is -2.69. The molecule has 2 fully saturated rings. The second-order valence-corrected chi connectivity index (χ2v) is 9.28. The lowest BCUT2D eigenvalue weighted by Crippen LogP contribution is -2.77. The number of hydrogen-bond acceptors (Lipinski definition) is 5. The summed E-state index contributed by atoms with van der Waals surface area (Å²) in [6.07, 6.45) is 4.23. The normalized spacial score (nSPS) is 43.2. The molecular formula is C23H30N2O3. The number of rotatable bonds is 3. The van der Waals surface area contributed by atoms with Crippen LogP contribution in [0.15, 0.2) is 12.1 Å². The molecule has 28 heavy (non-hydrogen) atoms. The van der Waals surface area contributed by atoms with E-state index in [2.05, 4.69) is 37.9 Å². The Hall–Kier alpha value is -1.77. The van der Waals surface area contributed by atoms with E-state index in [9.17, 15) is 10.4 Å². The molecule has 1 N–H and O–H groups in total. The van der Waals surface area contributed by atoms with E-state index in [0.29, 0.717) is 11.8 Å². The zero-order chi connectivity index (χ0) is 19.9. The summed E-state index contributed by atoms with van der Waals surface area (Å²) < 4.78 is 12.8. The number of ether oxygens (including phenoxy) is 2. The van der Waals surface area contributed by atoms with Crippen LogP contribution in [0, 0.1) is 22.7 Å². The maximum Gasteiger partial charge on any atom is 0.165 e. The van der Waals surface area contributed by atoms with Gasteiger partial charge in [0.1, 0.15) is 11.7 Å². The monoisotopic (exact) mass is 382 g/mol. The molecule has 1 saturated heterocycles. The van der Waals surface area contributed by atoms with Crippen LogP contribution < -0.4 is 4.74 Å². The molecule has 0 radical (unpaired) electrons. The highest BCUT2D eigenvalue weighted by molar-refractivity contribution is 5.62. The molecule has 0 amide bonds. The molecule has 5 heteroatoms. The summed E-state index contributed by atoms with van der Waals surface area (Å²) in [7, 11) is 3.96. The van der Waals surface area contributed by atoms with Gasteiger partial charge in [-0.15, -0.1) is 0 Å². The Balaban J connectivity index is 1.88. The van der Waals surface area contributed by atoms with Crippen molar-refractivity contribution in [2.45, 2.75) is 69.1 Å². The number of methoxy groups -OCH3 is 1. The van der Waals surface area contributed by atoms with Crippen LogP contribution in [0.3, 0.4) is 0 Å². The van der Waals surface area contributed by atoms with Crippen molar-refractivity contribution in [2.75, 3.05) is 20.7 Å². The van der Waals surface area contributed by atoms with Crippen molar-refractivity contribution in [3.63, 3.8) is 0 Å². The number of benzene rings is 1. The predicted octanol–water partition coefficient (Wildman–Crippen LogP) is 3.39. The molecule has 1 saturated carbocycles. The van der Waals surface area contributed by atoms with Gasteiger partial charge in [0.2, 0.25) is 0 Å². The van der Waals surface area contributed by atoms with Gasteiger partial charge in [-0.25, -0.2) is 0 Å². The van der Waals surface area contributed by atoms with Crippen molar-refractivity contribution in [3.8, 4) is 17.6 Å². The number of hydrogen-bond donors (Lipinski definition) is 1. The number of likely N-dealkylation sites (tertiary alicyclic amines) is 1. The molecule has 2 aliphatic heterocycles. The molecule has 2 heterocycles. The first-order valence-corrected chi connectivity index (χ1v) is 10.6. The summed E-state index contributed by atoms with van der Waals surface area (Å²) in [5.41, 5.74) is 1.60. The number of aromatic hydroxyl groups is 1. The smallest absolute Gasteiger partial charge is 0.165 e. The summed E-state index contributed by atoms with van der Waals surface area (Å²) in [5, 5.41) is 20.9. The number of nitriles is 1. The minimum atomic E-state index is -0.659. The van der Waals surface area contributed by atoms with E-state index in [-0.39, 0.29) is 28.6 Å². The van der Waals surface area contributed by atoms with Crippen LogP contribution in [0.25, 0.3) is 0 Å². The Morgan fingerprint density at radius 2 is 2.14 bits per heavy atom. The van der Waals surface area contributed by atoms with Crippen molar-refractivity contribution >= 4 is 0 Å². The quantitative estimate of drug-likeness (QED) is 0.868. The van der Waals surface area contributed by atoms with Crippen molar-refractivity contribution < 1.29 is 14.6 Å². The van der Waals surface area contributed by atoms with E-state index in [1.54, 1.807) is 13.2 Å². The fourth-order valence-electron chi connectivity index (χ4n) is 7.77. The van der Waals surface area contributed by atoms with Crippen molar-refractivity contribution in [2.24, 2.45) is 11.3 Å². The second kappa shape index (κ2) is 5.64. The van der Waals surface area contributed by atoms with Gasteiger partial charge in [-0.2, -0.15) is 5.26 Å². The molecule has 0 aromatic heterocycles. The van der Waals surface area contributed by atoms with E-state index in [4.69, 9.17) is 9.47 Å². The van der Waals surface area contributed by atoms with Crippen LogP contribution in [-0.2, 0) is 16.6 Å². The van der Waals surface area contributed by atoms with E-state index < -0.39 is 5.60 Å². The Kier molecular flexibility index (Phi) is 3.68. The molecular weight excluding hydrogens is 352 g/mol. The number of phenols is 1. The molecule has 150 valence electrons. The van der Waals surface area contributed by atoms with Crippen LogP contribution in [0.1, 0.15) is 50.7 Å². The van der Waals surface area contributed by atoms with Crippen molar-refractivity contribution in [3.05, 3.63) is 23.3 Å². The average Bonchev–Trinajstić information content (AvgIpc) is 3.07. The van der Waals surface area contributed by atoms with Gasteiger partial charge in [0, 0.05) is 29.5 Å². The summed E-state index contributed by atoms with van der Waals surface area (Å²) >= 11 is 0. The Morgan fingerprint density at radius 3 is 2.79 bits per heavy atom. The average molecular weight is 383 g/mol. The third kappa shape index (κ3) is 1.68. The van der Waals surface area contributed by atoms with Gasteiger partial charge < -0.3 is 19.5 Å². The highest BCUT2D eigenvalue weighted by atomic mass is 16.6. The van der Waals surface area contributed by atoms with E-state index in [0.717, 1.165) is 38.6 Å². The van der Waals surface area contributed by atoms with Gasteiger partial charge in [0.05, 0.1) is 12.0 Å². The molecule has 6 atom stereocenters. The SMILES string of the molecule is CCC1(OC)C(C#N)CC2(CC)C3Cc4ccc(O)c5c4C2(CCN3C)C1O5. The zero-order valence-corrected chi connectivity index (χ0v) is 17.3. The van der Waals surface area contributed by atoms with Crippen molar-refractivity contribution in [1.82, 2.24) is 4.90 Å². The topological polar surface area (TPSA) is 65.7 Å². The number of phenolic OH excluding ortho intramolecular Hbond substituents is 1. The van der Waals surface area contributed by atoms with Gasteiger partial charge in [-0.1, -0.05) is 19.9 Å². The van der Waals surface area contributed by atoms with Crippen LogP contribution in [0.2, 0.25) is 0 Å². The second-order valence-electron chi connectivity index (χ2n) is 9.28. The molecule has 6 unspecified atom stereocenters. The lowest BCUT2D eigenvalue weighted by molar-refractivity contribution is -0.226.